The molecule has 0 aromatic heterocycles. The van der Waals surface area contributed by atoms with Crippen LogP contribution in [0.1, 0.15) is 30.1 Å². The molecular formula is C26H30FN5O5. The quantitative estimate of drug-likeness (QED) is 0.411. The Bertz CT molecular complexity index is 1200. The summed E-state index contributed by atoms with van der Waals surface area (Å²) < 4.78 is 20.3. The largest absolute Gasteiger partial charge is 0.442 e. The summed E-state index contributed by atoms with van der Waals surface area (Å²) in [6.45, 7) is 3.46. The summed E-state index contributed by atoms with van der Waals surface area (Å²) in [6.07, 6.45) is -0.938. The van der Waals surface area contributed by atoms with Crippen molar-refractivity contribution < 1.29 is 28.3 Å². The number of nitrogens with zero attached hydrogens (tertiary/aromatic N) is 3. The van der Waals surface area contributed by atoms with E-state index in [2.05, 4.69) is 5.32 Å². The Balaban J connectivity index is 1.29. The highest BCUT2D eigenvalue weighted by Gasteiger charge is 2.33. The van der Waals surface area contributed by atoms with Crippen LogP contribution in [0.3, 0.4) is 0 Å². The van der Waals surface area contributed by atoms with E-state index in [4.69, 9.17) is 10.5 Å². The molecule has 0 unspecified atom stereocenters. The maximum absolute atomic E-state index is 15.0. The van der Waals surface area contributed by atoms with E-state index in [1.54, 1.807) is 41.3 Å². The van der Waals surface area contributed by atoms with Crippen LogP contribution in [-0.2, 0) is 14.3 Å². The van der Waals surface area contributed by atoms with Gasteiger partial charge in [0.1, 0.15) is 11.9 Å². The average molecular weight is 512 g/mol. The number of hydrogen-bond acceptors (Lipinski definition) is 7. The van der Waals surface area contributed by atoms with Crippen LogP contribution < -0.4 is 20.9 Å². The SMILES string of the molecule is CC(=O)NC[C@H]1CN(c2ccc(N3CCN(C(=O)CCC(=O)c4ccccc4N)CC3)c(F)c2)C(=O)O1. The Morgan fingerprint density at radius 3 is 2.49 bits per heavy atom. The highest BCUT2D eigenvalue weighted by Crippen LogP contribution is 2.28. The number of anilines is 3. The number of piperazine rings is 1. The van der Waals surface area contributed by atoms with Gasteiger partial charge in [-0.15, -0.1) is 0 Å². The Hall–Kier alpha value is -4.15. The lowest BCUT2D eigenvalue weighted by Gasteiger charge is -2.36. The molecule has 2 fully saturated rings. The van der Waals surface area contributed by atoms with Gasteiger partial charge in [0.05, 0.1) is 24.5 Å². The molecule has 2 aliphatic rings. The first-order valence-corrected chi connectivity index (χ1v) is 12.2. The van der Waals surface area contributed by atoms with E-state index < -0.39 is 18.0 Å². The number of para-hydroxylation sites is 1. The van der Waals surface area contributed by atoms with E-state index in [0.29, 0.717) is 48.8 Å². The molecule has 4 rings (SSSR count). The normalized spacial score (nSPS) is 17.5. The molecule has 0 aliphatic carbocycles. The second kappa shape index (κ2) is 11.3. The molecule has 3 N–H and O–H groups in total. The lowest BCUT2D eigenvalue weighted by molar-refractivity contribution is -0.131. The maximum atomic E-state index is 15.0. The molecule has 0 spiro atoms. The predicted molar refractivity (Wildman–Crippen MR) is 136 cm³/mol. The van der Waals surface area contributed by atoms with Crippen molar-refractivity contribution in [2.45, 2.75) is 25.9 Å². The fraction of sp³-hybridized carbons (Fsp3) is 0.385. The first-order chi connectivity index (χ1) is 17.7. The van der Waals surface area contributed by atoms with Crippen molar-refractivity contribution in [2.24, 2.45) is 0 Å². The number of benzene rings is 2. The minimum Gasteiger partial charge on any atom is -0.442 e. The van der Waals surface area contributed by atoms with Crippen LogP contribution in [0, 0.1) is 5.82 Å². The molecule has 196 valence electrons. The number of carbonyl (C=O) groups is 4. The van der Waals surface area contributed by atoms with Gasteiger partial charge in [0, 0.05) is 57.2 Å². The third kappa shape index (κ3) is 6.16. The molecule has 0 saturated carbocycles. The molecule has 0 bridgehead atoms. The van der Waals surface area contributed by atoms with Crippen LogP contribution in [0.2, 0.25) is 0 Å². The number of halogens is 1. The van der Waals surface area contributed by atoms with Crippen molar-refractivity contribution in [1.82, 2.24) is 10.2 Å². The van der Waals surface area contributed by atoms with Gasteiger partial charge in [0.25, 0.3) is 0 Å². The zero-order valence-electron chi connectivity index (χ0n) is 20.6. The summed E-state index contributed by atoms with van der Waals surface area (Å²) in [4.78, 5) is 53.2. The molecule has 10 nitrogen and oxygen atoms in total. The molecule has 2 heterocycles. The third-order valence-corrected chi connectivity index (χ3v) is 6.50. The van der Waals surface area contributed by atoms with Gasteiger partial charge in [-0.2, -0.15) is 0 Å². The topological polar surface area (TPSA) is 125 Å². The number of amides is 3. The van der Waals surface area contributed by atoms with Crippen molar-refractivity contribution in [1.29, 1.82) is 0 Å². The molecule has 11 heteroatoms. The number of nitrogens with one attached hydrogen (secondary N) is 1. The standard InChI is InChI=1S/C26H30FN5O5/c1-17(33)29-15-19-16-32(26(36)37-19)18-6-7-23(21(27)14-18)30-10-12-31(13-11-30)25(35)9-8-24(34)20-4-2-3-5-22(20)28/h2-7,14,19H,8-13,15-16,28H2,1H3,(H,29,33)/t19-/m0/s1. The third-order valence-electron chi connectivity index (χ3n) is 6.50. The second-order valence-electron chi connectivity index (χ2n) is 9.07. The Kier molecular flexibility index (Phi) is 7.90. The van der Waals surface area contributed by atoms with Crippen LogP contribution in [-0.4, -0.2) is 74.0 Å². The van der Waals surface area contributed by atoms with Gasteiger partial charge in [-0.25, -0.2) is 9.18 Å². The number of cyclic esters (lactones) is 1. The van der Waals surface area contributed by atoms with Gasteiger partial charge < -0.3 is 25.6 Å². The van der Waals surface area contributed by atoms with E-state index >= 15 is 4.39 Å². The van der Waals surface area contributed by atoms with Crippen molar-refractivity contribution >= 4 is 40.8 Å². The lowest BCUT2D eigenvalue weighted by Crippen LogP contribution is -2.49. The van der Waals surface area contributed by atoms with E-state index in [-0.39, 0.29) is 43.5 Å². The second-order valence-corrected chi connectivity index (χ2v) is 9.07. The van der Waals surface area contributed by atoms with Crippen molar-refractivity contribution in [3.8, 4) is 0 Å². The van der Waals surface area contributed by atoms with E-state index in [9.17, 15) is 19.2 Å². The zero-order valence-corrected chi connectivity index (χ0v) is 20.6. The molecule has 2 aliphatic heterocycles. The fourth-order valence-electron chi connectivity index (χ4n) is 4.48. The molecule has 37 heavy (non-hydrogen) atoms. The minimum absolute atomic E-state index is 0.0773. The molecule has 3 amide bonds. The molecular weight excluding hydrogens is 481 g/mol. The first-order valence-electron chi connectivity index (χ1n) is 12.2. The van der Waals surface area contributed by atoms with Crippen molar-refractivity contribution in [3.05, 3.63) is 53.8 Å². The summed E-state index contributed by atoms with van der Waals surface area (Å²) in [6, 6.07) is 11.3. The smallest absolute Gasteiger partial charge is 0.414 e. The highest BCUT2D eigenvalue weighted by molar-refractivity contribution is 6.02. The Morgan fingerprint density at radius 2 is 1.81 bits per heavy atom. The van der Waals surface area contributed by atoms with Crippen LogP contribution in [0.15, 0.2) is 42.5 Å². The number of nitrogens with two attached hydrogens (primary N) is 1. The summed E-state index contributed by atoms with van der Waals surface area (Å²) in [5.74, 6) is -1.01. The number of nitrogen functional groups attached to an aromatic ring is 1. The van der Waals surface area contributed by atoms with Crippen LogP contribution in [0.5, 0.6) is 0 Å². The predicted octanol–water partition coefficient (Wildman–Crippen LogP) is 2.18. The summed E-state index contributed by atoms with van der Waals surface area (Å²) in [5, 5.41) is 2.60. The minimum atomic E-state index is -0.594. The number of hydrogen-bond donors (Lipinski definition) is 2. The van der Waals surface area contributed by atoms with Crippen LogP contribution >= 0.6 is 0 Å². The number of carbonyl (C=O) groups excluding carboxylic acids is 4. The zero-order chi connectivity index (χ0) is 26.5. The summed E-state index contributed by atoms with van der Waals surface area (Å²) in [5.41, 5.74) is 7.41. The summed E-state index contributed by atoms with van der Waals surface area (Å²) in [7, 11) is 0. The Labute approximate surface area is 214 Å². The highest BCUT2D eigenvalue weighted by atomic mass is 19.1. The van der Waals surface area contributed by atoms with Gasteiger partial charge in [-0.05, 0) is 30.3 Å². The molecule has 0 radical (unpaired) electrons. The van der Waals surface area contributed by atoms with Gasteiger partial charge in [0.15, 0.2) is 5.78 Å². The number of ketones is 1. The number of ether oxygens (including phenoxy) is 1. The number of rotatable bonds is 8. The van der Waals surface area contributed by atoms with Gasteiger partial charge in [0.2, 0.25) is 11.8 Å². The number of Topliss-reactive ketones (excluding diaryl/α,β-unsaturated/α-hetero) is 1. The van der Waals surface area contributed by atoms with Gasteiger partial charge >= 0.3 is 6.09 Å². The van der Waals surface area contributed by atoms with Gasteiger partial charge in [-0.1, -0.05) is 12.1 Å². The first kappa shape index (κ1) is 25.9. The maximum Gasteiger partial charge on any atom is 0.414 e. The lowest BCUT2D eigenvalue weighted by atomic mass is 10.0. The van der Waals surface area contributed by atoms with Crippen molar-refractivity contribution in [3.63, 3.8) is 0 Å². The van der Waals surface area contributed by atoms with Crippen LogP contribution in [0.25, 0.3) is 0 Å². The molecule has 2 aromatic carbocycles. The molecule has 2 saturated heterocycles. The Morgan fingerprint density at radius 1 is 1.08 bits per heavy atom. The molecule has 2 aromatic rings. The monoisotopic (exact) mass is 511 g/mol. The van der Waals surface area contributed by atoms with E-state index in [1.165, 1.54) is 17.9 Å². The molecule has 1 atom stereocenters. The fourth-order valence-corrected chi connectivity index (χ4v) is 4.48. The van der Waals surface area contributed by atoms with E-state index in [1.807, 2.05) is 4.90 Å². The van der Waals surface area contributed by atoms with Crippen LogP contribution in [0.4, 0.5) is 26.2 Å². The van der Waals surface area contributed by atoms with E-state index in [0.717, 1.165) is 0 Å². The van der Waals surface area contributed by atoms with Gasteiger partial charge in [-0.3, -0.25) is 19.3 Å². The van der Waals surface area contributed by atoms with Crippen molar-refractivity contribution in [2.75, 3.05) is 54.8 Å². The summed E-state index contributed by atoms with van der Waals surface area (Å²) >= 11 is 0. The average Bonchev–Trinajstić information content (AvgIpc) is 3.26.